The highest BCUT2D eigenvalue weighted by atomic mass is 32.2. The van der Waals surface area contributed by atoms with Gasteiger partial charge in [-0.1, -0.05) is 6.07 Å². The van der Waals surface area contributed by atoms with Gasteiger partial charge in [0, 0.05) is 17.3 Å². The zero-order valence-electron chi connectivity index (χ0n) is 9.80. The normalized spacial score (nSPS) is 27.8. The van der Waals surface area contributed by atoms with Crippen molar-refractivity contribution in [2.24, 2.45) is 5.73 Å². The molecule has 1 aromatic heterocycles. The van der Waals surface area contributed by atoms with E-state index in [1.165, 1.54) is 0 Å². The first kappa shape index (κ1) is 12.5. The van der Waals surface area contributed by atoms with E-state index in [1.807, 2.05) is 18.2 Å². The molecule has 1 unspecified atom stereocenters. The lowest BCUT2D eigenvalue weighted by Crippen LogP contribution is -2.42. The topological polar surface area (TPSA) is 73.0 Å². The first-order chi connectivity index (χ1) is 8.08. The molecule has 2 rings (SSSR count). The summed E-state index contributed by atoms with van der Waals surface area (Å²) in [5.74, 6) is 0.486. The second-order valence-electron chi connectivity index (χ2n) is 4.73. The Bertz CT molecular complexity index is 469. The van der Waals surface area contributed by atoms with Gasteiger partial charge in [-0.05, 0) is 37.9 Å². The SMILES string of the molecule is NCCC1(c2ccccn2)CCCS(=O)(=O)C1. The number of aromatic nitrogens is 1. The van der Waals surface area contributed by atoms with Crippen molar-refractivity contribution >= 4 is 9.84 Å². The van der Waals surface area contributed by atoms with Crippen molar-refractivity contribution in [2.75, 3.05) is 18.1 Å². The van der Waals surface area contributed by atoms with E-state index in [1.54, 1.807) is 6.20 Å². The van der Waals surface area contributed by atoms with Crippen molar-refractivity contribution in [1.29, 1.82) is 0 Å². The molecule has 1 aliphatic heterocycles. The Morgan fingerprint density at radius 3 is 2.82 bits per heavy atom. The molecular weight excluding hydrogens is 236 g/mol. The van der Waals surface area contributed by atoms with Gasteiger partial charge >= 0.3 is 0 Å². The van der Waals surface area contributed by atoms with Crippen molar-refractivity contribution in [1.82, 2.24) is 4.98 Å². The van der Waals surface area contributed by atoms with Gasteiger partial charge in [0.2, 0.25) is 0 Å². The highest BCUT2D eigenvalue weighted by Gasteiger charge is 2.40. The third-order valence-corrected chi connectivity index (χ3v) is 5.34. The Labute approximate surface area is 102 Å². The Balaban J connectivity index is 2.39. The van der Waals surface area contributed by atoms with Gasteiger partial charge in [-0.3, -0.25) is 4.98 Å². The smallest absolute Gasteiger partial charge is 0.151 e. The summed E-state index contributed by atoms with van der Waals surface area (Å²) in [5, 5.41) is 0. The van der Waals surface area contributed by atoms with Crippen molar-refractivity contribution in [2.45, 2.75) is 24.7 Å². The molecule has 0 radical (unpaired) electrons. The number of nitrogens with zero attached hydrogens (tertiary/aromatic N) is 1. The van der Waals surface area contributed by atoms with Gasteiger partial charge in [-0.15, -0.1) is 0 Å². The first-order valence-corrected chi connectivity index (χ1v) is 7.72. The van der Waals surface area contributed by atoms with Crippen LogP contribution in [0.15, 0.2) is 24.4 Å². The largest absolute Gasteiger partial charge is 0.330 e. The fraction of sp³-hybridized carbons (Fsp3) is 0.583. The molecule has 94 valence electrons. The van der Waals surface area contributed by atoms with Crippen LogP contribution in [0, 0.1) is 0 Å². The van der Waals surface area contributed by atoms with Crippen LogP contribution in [-0.2, 0) is 15.3 Å². The summed E-state index contributed by atoms with van der Waals surface area (Å²) in [6, 6.07) is 5.66. The van der Waals surface area contributed by atoms with Crippen LogP contribution < -0.4 is 5.73 Å². The van der Waals surface area contributed by atoms with Gasteiger partial charge in [-0.25, -0.2) is 8.42 Å². The molecule has 0 saturated carbocycles. The van der Waals surface area contributed by atoms with Crippen LogP contribution in [0.5, 0.6) is 0 Å². The molecular formula is C12H18N2O2S. The van der Waals surface area contributed by atoms with Crippen molar-refractivity contribution in [3.05, 3.63) is 30.1 Å². The van der Waals surface area contributed by atoms with Crippen LogP contribution in [0.3, 0.4) is 0 Å². The zero-order valence-corrected chi connectivity index (χ0v) is 10.6. The van der Waals surface area contributed by atoms with E-state index >= 15 is 0 Å². The van der Waals surface area contributed by atoms with E-state index in [0.29, 0.717) is 25.1 Å². The number of hydrogen-bond donors (Lipinski definition) is 1. The monoisotopic (exact) mass is 254 g/mol. The number of nitrogens with two attached hydrogens (primary N) is 1. The summed E-state index contributed by atoms with van der Waals surface area (Å²) >= 11 is 0. The second kappa shape index (κ2) is 4.74. The molecule has 4 nitrogen and oxygen atoms in total. The molecule has 1 aliphatic rings. The van der Waals surface area contributed by atoms with E-state index in [0.717, 1.165) is 12.1 Å². The minimum Gasteiger partial charge on any atom is -0.330 e. The molecule has 0 bridgehead atoms. The maximum Gasteiger partial charge on any atom is 0.151 e. The average Bonchev–Trinajstić information content (AvgIpc) is 2.29. The number of pyridine rings is 1. The van der Waals surface area contributed by atoms with E-state index in [9.17, 15) is 8.42 Å². The minimum absolute atomic E-state index is 0.189. The predicted molar refractivity (Wildman–Crippen MR) is 67.5 cm³/mol. The van der Waals surface area contributed by atoms with Crippen molar-refractivity contribution in [3.63, 3.8) is 0 Å². The molecule has 0 aliphatic carbocycles. The molecule has 1 aromatic rings. The number of hydrogen-bond acceptors (Lipinski definition) is 4. The zero-order chi connectivity index (χ0) is 12.4. The predicted octanol–water partition coefficient (Wildman–Crippen LogP) is 0.877. The fourth-order valence-corrected chi connectivity index (χ4v) is 4.68. The minimum atomic E-state index is -2.96. The number of rotatable bonds is 3. The quantitative estimate of drug-likeness (QED) is 0.869. The van der Waals surface area contributed by atoms with Crippen LogP contribution >= 0.6 is 0 Å². The first-order valence-electron chi connectivity index (χ1n) is 5.90. The maximum absolute atomic E-state index is 11.8. The molecule has 2 heterocycles. The van der Waals surface area contributed by atoms with Gasteiger partial charge in [0.15, 0.2) is 9.84 Å². The van der Waals surface area contributed by atoms with E-state index in [-0.39, 0.29) is 11.2 Å². The van der Waals surface area contributed by atoms with Crippen LogP contribution in [0.1, 0.15) is 25.0 Å². The highest BCUT2D eigenvalue weighted by molar-refractivity contribution is 7.91. The van der Waals surface area contributed by atoms with Crippen molar-refractivity contribution < 1.29 is 8.42 Å². The number of sulfone groups is 1. The standard InChI is InChI=1S/C12H18N2O2S/c13-7-6-12(11-4-1-2-8-14-11)5-3-9-17(15,16)10-12/h1-2,4,8H,3,5-7,9-10,13H2. The van der Waals surface area contributed by atoms with Gasteiger partial charge in [0.05, 0.1) is 11.5 Å². The Morgan fingerprint density at radius 1 is 1.41 bits per heavy atom. The third-order valence-electron chi connectivity index (χ3n) is 3.44. The lowest BCUT2D eigenvalue weighted by molar-refractivity contribution is 0.377. The molecule has 1 fully saturated rings. The molecule has 1 atom stereocenters. The van der Waals surface area contributed by atoms with Crippen LogP contribution in [0.4, 0.5) is 0 Å². The maximum atomic E-state index is 11.8. The summed E-state index contributed by atoms with van der Waals surface area (Å²) in [7, 11) is -2.96. The summed E-state index contributed by atoms with van der Waals surface area (Å²) in [6.45, 7) is 0.492. The molecule has 5 heteroatoms. The summed E-state index contributed by atoms with van der Waals surface area (Å²) < 4.78 is 23.7. The lowest BCUT2D eigenvalue weighted by atomic mass is 9.78. The fourth-order valence-electron chi connectivity index (χ4n) is 2.68. The van der Waals surface area contributed by atoms with Crippen LogP contribution in [-0.4, -0.2) is 31.5 Å². The Hall–Kier alpha value is -0.940. The van der Waals surface area contributed by atoms with Crippen molar-refractivity contribution in [3.8, 4) is 0 Å². The second-order valence-corrected chi connectivity index (χ2v) is 6.91. The highest BCUT2D eigenvalue weighted by Crippen LogP contribution is 2.36. The van der Waals surface area contributed by atoms with Crippen LogP contribution in [0.2, 0.25) is 0 Å². The van der Waals surface area contributed by atoms with E-state index in [2.05, 4.69) is 4.98 Å². The average molecular weight is 254 g/mol. The molecule has 2 N–H and O–H groups in total. The lowest BCUT2D eigenvalue weighted by Gasteiger charge is -2.36. The molecule has 17 heavy (non-hydrogen) atoms. The van der Waals surface area contributed by atoms with Gasteiger partial charge < -0.3 is 5.73 Å². The molecule has 1 saturated heterocycles. The molecule has 0 aromatic carbocycles. The summed E-state index contributed by atoms with van der Waals surface area (Å²) in [4.78, 5) is 4.34. The molecule has 0 amide bonds. The van der Waals surface area contributed by atoms with Crippen LogP contribution in [0.25, 0.3) is 0 Å². The van der Waals surface area contributed by atoms with Gasteiger partial charge in [0.25, 0.3) is 0 Å². The summed E-state index contributed by atoms with van der Waals surface area (Å²) in [6.07, 6.45) is 3.97. The summed E-state index contributed by atoms with van der Waals surface area (Å²) in [5.41, 5.74) is 6.15. The van der Waals surface area contributed by atoms with Gasteiger partial charge in [0.1, 0.15) is 0 Å². The Kier molecular flexibility index (Phi) is 3.49. The third kappa shape index (κ3) is 2.66. The molecule has 0 spiro atoms. The van der Waals surface area contributed by atoms with Gasteiger partial charge in [-0.2, -0.15) is 0 Å². The Morgan fingerprint density at radius 2 is 2.24 bits per heavy atom. The van der Waals surface area contributed by atoms with E-state index in [4.69, 9.17) is 5.73 Å². The van der Waals surface area contributed by atoms with E-state index < -0.39 is 9.84 Å².